The van der Waals surface area contributed by atoms with Crippen molar-refractivity contribution in [3.63, 3.8) is 0 Å². The van der Waals surface area contributed by atoms with Crippen molar-refractivity contribution in [2.24, 2.45) is 11.8 Å². The number of rotatable bonds is 6. The van der Waals surface area contributed by atoms with Crippen LogP contribution in [0.2, 0.25) is 0 Å². The third-order valence-electron chi connectivity index (χ3n) is 3.83. The fourth-order valence-electron chi connectivity index (χ4n) is 2.63. The normalized spacial score (nSPS) is 35.5. The van der Waals surface area contributed by atoms with Crippen LogP contribution in [-0.2, 0) is 18.9 Å². The third kappa shape index (κ3) is 5.17. The van der Waals surface area contributed by atoms with Crippen LogP contribution in [0, 0.1) is 11.8 Å². The molecule has 0 aliphatic carbocycles. The van der Waals surface area contributed by atoms with Crippen molar-refractivity contribution in [2.45, 2.75) is 52.1 Å². The minimum Gasteiger partial charge on any atom is -0.352 e. The van der Waals surface area contributed by atoms with E-state index in [9.17, 15) is 0 Å². The molecule has 0 saturated carbocycles. The first-order chi connectivity index (χ1) is 9.81. The first kappa shape index (κ1) is 16.0. The van der Waals surface area contributed by atoms with Gasteiger partial charge in [0.2, 0.25) is 0 Å². The molecule has 0 amide bonds. The van der Waals surface area contributed by atoms with Gasteiger partial charge in [-0.25, -0.2) is 0 Å². The fourth-order valence-corrected chi connectivity index (χ4v) is 2.63. The Morgan fingerprint density at radius 3 is 2.05 bits per heavy atom. The van der Waals surface area contributed by atoms with Crippen LogP contribution in [0.3, 0.4) is 0 Å². The summed E-state index contributed by atoms with van der Waals surface area (Å²) >= 11 is 0. The second-order valence-electron chi connectivity index (χ2n) is 5.71. The van der Waals surface area contributed by atoms with Gasteiger partial charge in [0, 0.05) is 11.8 Å². The van der Waals surface area contributed by atoms with Crippen molar-refractivity contribution in [1.82, 2.24) is 0 Å². The van der Waals surface area contributed by atoms with Crippen LogP contribution in [0.15, 0.2) is 12.2 Å². The van der Waals surface area contributed by atoms with Crippen LogP contribution >= 0.6 is 0 Å². The lowest BCUT2D eigenvalue weighted by Crippen LogP contribution is -2.34. The molecule has 0 aromatic rings. The first-order valence-electron chi connectivity index (χ1n) is 7.91. The summed E-state index contributed by atoms with van der Waals surface area (Å²) < 4.78 is 22.9. The van der Waals surface area contributed by atoms with Gasteiger partial charge in [0.25, 0.3) is 0 Å². The minimum atomic E-state index is -0.0510. The molecule has 2 saturated heterocycles. The molecule has 2 aliphatic heterocycles. The summed E-state index contributed by atoms with van der Waals surface area (Å²) in [6.45, 7) is 7.33. The highest BCUT2D eigenvalue weighted by Gasteiger charge is 2.25. The molecule has 2 rings (SSSR count). The van der Waals surface area contributed by atoms with Crippen LogP contribution < -0.4 is 0 Å². The fraction of sp³-hybridized carbons (Fsp3) is 0.875. The topological polar surface area (TPSA) is 36.9 Å². The van der Waals surface area contributed by atoms with Gasteiger partial charge in [0.1, 0.15) is 0 Å². The zero-order valence-corrected chi connectivity index (χ0v) is 12.8. The van der Waals surface area contributed by atoms with Gasteiger partial charge in [-0.15, -0.1) is 0 Å². The average Bonchev–Trinajstić information content (AvgIpc) is 2.49. The van der Waals surface area contributed by atoms with E-state index in [1.54, 1.807) is 0 Å². The Kier molecular flexibility index (Phi) is 7.00. The van der Waals surface area contributed by atoms with Gasteiger partial charge in [-0.05, 0) is 26.2 Å². The van der Waals surface area contributed by atoms with Gasteiger partial charge >= 0.3 is 0 Å². The molecular formula is C16H28O4. The van der Waals surface area contributed by atoms with Crippen molar-refractivity contribution in [3.8, 4) is 0 Å². The van der Waals surface area contributed by atoms with Crippen LogP contribution in [-0.4, -0.2) is 39.0 Å². The molecule has 2 fully saturated rings. The van der Waals surface area contributed by atoms with Crippen molar-refractivity contribution >= 4 is 0 Å². The maximum Gasteiger partial charge on any atom is 0.157 e. The highest BCUT2D eigenvalue weighted by molar-refractivity contribution is 4.86. The van der Waals surface area contributed by atoms with E-state index in [-0.39, 0.29) is 12.6 Å². The summed E-state index contributed by atoms with van der Waals surface area (Å²) in [5, 5.41) is 0. The molecule has 0 N–H and O–H groups in total. The average molecular weight is 284 g/mol. The van der Waals surface area contributed by atoms with E-state index in [1.807, 2.05) is 6.92 Å². The van der Waals surface area contributed by atoms with Crippen molar-refractivity contribution in [3.05, 3.63) is 12.2 Å². The van der Waals surface area contributed by atoms with Gasteiger partial charge in [-0.1, -0.05) is 25.5 Å². The van der Waals surface area contributed by atoms with E-state index in [0.717, 1.165) is 52.1 Å². The standard InChI is InChI=1S/C16H28O4/c1-3-5-13-9-19-16(20-10-13)8-7-14-11-17-15(6-4-2)18-12-14/h3,5,13-16H,4,6-12H2,1-2H3/b5-3+/t13-,14-,15-,16-. The van der Waals surface area contributed by atoms with E-state index < -0.39 is 0 Å². The van der Waals surface area contributed by atoms with Crippen LogP contribution in [0.5, 0.6) is 0 Å². The Morgan fingerprint density at radius 2 is 1.45 bits per heavy atom. The van der Waals surface area contributed by atoms with E-state index in [4.69, 9.17) is 18.9 Å². The Balaban J connectivity index is 1.58. The molecule has 4 heteroatoms. The first-order valence-corrected chi connectivity index (χ1v) is 7.91. The molecule has 2 aliphatic rings. The monoisotopic (exact) mass is 284 g/mol. The highest BCUT2D eigenvalue weighted by atomic mass is 16.7. The summed E-state index contributed by atoms with van der Waals surface area (Å²) in [5.41, 5.74) is 0. The summed E-state index contributed by atoms with van der Waals surface area (Å²) in [6, 6.07) is 0. The molecule has 0 bridgehead atoms. The van der Waals surface area contributed by atoms with Crippen LogP contribution in [0.4, 0.5) is 0 Å². The Morgan fingerprint density at radius 1 is 0.850 bits per heavy atom. The Bertz CT molecular complexity index is 276. The number of hydrogen-bond donors (Lipinski definition) is 0. The number of hydrogen-bond acceptors (Lipinski definition) is 4. The molecule has 0 unspecified atom stereocenters. The summed E-state index contributed by atoms with van der Waals surface area (Å²) in [4.78, 5) is 0. The lowest BCUT2D eigenvalue weighted by atomic mass is 10.0. The van der Waals surface area contributed by atoms with Crippen molar-refractivity contribution in [1.29, 1.82) is 0 Å². The summed E-state index contributed by atoms with van der Waals surface area (Å²) in [7, 11) is 0. The lowest BCUT2D eigenvalue weighted by Gasteiger charge is -2.32. The molecule has 0 radical (unpaired) electrons. The SMILES string of the molecule is C/C=C/[C@H]1CO[C@H](CC[C@H]2CO[C@H](CCC)OC2)OC1. The molecule has 116 valence electrons. The molecule has 0 atom stereocenters. The van der Waals surface area contributed by atoms with Crippen LogP contribution in [0.1, 0.15) is 39.5 Å². The van der Waals surface area contributed by atoms with Gasteiger partial charge in [0.15, 0.2) is 12.6 Å². The molecular weight excluding hydrogens is 256 g/mol. The maximum atomic E-state index is 5.74. The smallest absolute Gasteiger partial charge is 0.157 e. The van der Waals surface area contributed by atoms with E-state index in [2.05, 4.69) is 19.1 Å². The number of ether oxygens (including phenoxy) is 4. The third-order valence-corrected chi connectivity index (χ3v) is 3.83. The van der Waals surface area contributed by atoms with E-state index in [0.29, 0.717) is 11.8 Å². The van der Waals surface area contributed by atoms with Crippen molar-refractivity contribution in [2.75, 3.05) is 26.4 Å². The summed E-state index contributed by atoms with van der Waals surface area (Å²) in [6.07, 6.45) is 8.23. The molecule has 4 nitrogen and oxygen atoms in total. The molecule has 0 spiro atoms. The second kappa shape index (κ2) is 8.78. The highest BCUT2D eigenvalue weighted by Crippen LogP contribution is 2.22. The molecule has 0 aromatic carbocycles. The number of allylic oxidation sites excluding steroid dienone is 1. The largest absolute Gasteiger partial charge is 0.352 e. The van der Waals surface area contributed by atoms with Gasteiger partial charge < -0.3 is 18.9 Å². The molecule has 2 heterocycles. The Hall–Kier alpha value is -0.420. The quantitative estimate of drug-likeness (QED) is 0.702. The van der Waals surface area contributed by atoms with Gasteiger partial charge in [-0.2, -0.15) is 0 Å². The van der Waals surface area contributed by atoms with Crippen LogP contribution in [0.25, 0.3) is 0 Å². The van der Waals surface area contributed by atoms with E-state index >= 15 is 0 Å². The molecule has 20 heavy (non-hydrogen) atoms. The lowest BCUT2D eigenvalue weighted by molar-refractivity contribution is -0.215. The predicted molar refractivity (Wildman–Crippen MR) is 77.3 cm³/mol. The second-order valence-corrected chi connectivity index (χ2v) is 5.71. The van der Waals surface area contributed by atoms with E-state index in [1.165, 1.54) is 0 Å². The zero-order valence-electron chi connectivity index (χ0n) is 12.8. The van der Waals surface area contributed by atoms with Gasteiger partial charge in [0.05, 0.1) is 26.4 Å². The minimum absolute atomic E-state index is 0.0139. The molecule has 0 aromatic heterocycles. The van der Waals surface area contributed by atoms with Gasteiger partial charge in [-0.3, -0.25) is 0 Å². The zero-order chi connectivity index (χ0) is 14.2. The Labute approximate surface area is 122 Å². The van der Waals surface area contributed by atoms with Crippen molar-refractivity contribution < 1.29 is 18.9 Å². The predicted octanol–water partition coefficient (Wildman–Crippen LogP) is 3.12. The maximum absolute atomic E-state index is 5.74. The summed E-state index contributed by atoms with van der Waals surface area (Å²) in [5.74, 6) is 0.885.